The molecule has 3 aromatic heterocycles. The number of piperazine rings is 1. The van der Waals surface area contributed by atoms with Crippen LogP contribution in [0.2, 0.25) is 0 Å². The lowest BCUT2D eigenvalue weighted by atomic mass is 10.1. The maximum Gasteiger partial charge on any atom is 0.277 e. The first kappa shape index (κ1) is 28.0. The zero-order valence-electron chi connectivity index (χ0n) is 23.6. The van der Waals surface area contributed by atoms with Crippen molar-refractivity contribution in [1.82, 2.24) is 29.9 Å². The third-order valence-electron chi connectivity index (χ3n) is 7.71. The van der Waals surface area contributed by atoms with E-state index in [1.54, 1.807) is 6.20 Å². The number of pyridine rings is 1. The molecule has 0 N–H and O–H groups in total. The topological polar surface area (TPSA) is 159 Å². The SMILES string of the molecule is C[C@H]1COc2c(N3CCN(C)CC3)c(F)cc3c(=O)c(-c4nnc(SCc5nnc(-c6ccc([N+](=O)[O-])cc6)o5)o4)cn1c23. The quantitative estimate of drug-likeness (QED) is 0.145. The number of thioether (sulfide) groups is 1. The lowest BCUT2D eigenvalue weighted by Crippen LogP contribution is -2.45. The number of rotatable bonds is 7. The van der Waals surface area contributed by atoms with E-state index >= 15 is 4.39 Å². The van der Waals surface area contributed by atoms with Gasteiger partial charge in [0.05, 0.1) is 27.6 Å². The second kappa shape index (κ2) is 11.0. The summed E-state index contributed by atoms with van der Waals surface area (Å²) in [6.45, 7) is 5.16. The Morgan fingerprint density at radius 1 is 1.07 bits per heavy atom. The van der Waals surface area contributed by atoms with Crippen molar-refractivity contribution in [2.45, 2.75) is 23.9 Å². The molecule has 1 atom stereocenters. The van der Waals surface area contributed by atoms with Crippen molar-refractivity contribution in [3.8, 4) is 28.7 Å². The Morgan fingerprint density at radius 3 is 2.57 bits per heavy atom. The molecular weight excluding hydrogens is 595 g/mol. The number of nitrogens with zero attached hydrogens (tertiary/aromatic N) is 8. The van der Waals surface area contributed by atoms with E-state index in [2.05, 4.69) is 25.3 Å². The van der Waals surface area contributed by atoms with Gasteiger partial charge in [-0.15, -0.1) is 20.4 Å². The zero-order valence-corrected chi connectivity index (χ0v) is 24.4. The third kappa shape index (κ3) is 4.94. The summed E-state index contributed by atoms with van der Waals surface area (Å²) >= 11 is 1.13. The normalized spacial score (nSPS) is 16.8. The van der Waals surface area contributed by atoms with Crippen molar-refractivity contribution >= 4 is 34.0 Å². The molecule has 5 heterocycles. The van der Waals surface area contributed by atoms with Crippen LogP contribution >= 0.6 is 11.8 Å². The summed E-state index contributed by atoms with van der Waals surface area (Å²) in [4.78, 5) is 28.2. The zero-order chi connectivity index (χ0) is 30.5. The highest BCUT2D eigenvalue weighted by Gasteiger charge is 2.31. The molecule has 0 amide bonds. The van der Waals surface area contributed by atoms with E-state index in [4.69, 9.17) is 13.6 Å². The van der Waals surface area contributed by atoms with Crippen LogP contribution in [0.15, 0.2) is 55.4 Å². The Balaban J connectivity index is 1.15. The fourth-order valence-corrected chi connectivity index (χ4v) is 5.94. The molecule has 0 bridgehead atoms. The largest absolute Gasteiger partial charge is 0.487 e. The van der Waals surface area contributed by atoms with Gasteiger partial charge in [-0.05, 0) is 32.2 Å². The second-order valence-corrected chi connectivity index (χ2v) is 11.6. The lowest BCUT2D eigenvalue weighted by Gasteiger charge is -2.37. The minimum Gasteiger partial charge on any atom is -0.487 e. The monoisotopic (exact) mass is 620 g/mol. The fourth-order valence-electron chi connectivity index (χ4n) is 5.34. The number of nitro benzene ring substituents is 1. The van der Waals surface area contributed by atoms with Gasteiger partial charge in [-0.2, -0.15) is 0 Å². The molecule has 7 rings (SSSR count). The van der Waals surface area contributed by atoms with Crippen molar-refractivity contribution < 1.29 is 22.9 Å². The number of likely N-dealkylation sites (N-methyl/N-ethyl adjacent to an activating group) is 1. The van der Waals surface area contributed by atoms with Gasteiger partial charge in [0.1, 0.15) is 17.9 Å². The number of ether oxygens (including phenoxy) is 1. The first-order valence-corrected chi connectivity index (χ1v) is 14.8. The Morgan fingerprint density at radius 2 is 1.82 bits per heavy atom. The van der Waals surface area contributed by atoms with Crippen molar-refractivity contribution in [2.75, 3.05) is 44.7 Å². The van der Waals surface area contributed by atoms with Crippen molar-refractivity contribution in [3.05, 3.63) is 68.6 Å². The summed E-state index contributed by atoms with van der Waals surface area (Å²) in [6, 6.07) is 6.91. The molecule has 226 valence electrons. The van der Waals surface area contributed by atoms with Gasteiger partial charge in [0.25, 0.3) is 16.8 Å². The number of hydrogen-bond donors (Lipinski definition) is 0. The molecule has 0 spiro atoms. The van der Waals surface area contributed by atoms with Crippen LogP contribution in [0.4, 0.5) is 15.8 Å². The lowest BCUT2D eigenvalue weighted by molar-refractivity contribution is -0.384. The Bertz CT molecular complexity index is 1950. The van der Waals surface area contributed by atoms with Gasteiger partial charge in [-0.3, -0.25) is 14.9 Å². The number of aromatic nitrogens is 5. The average molecular weight is 621 g/mol. The van der Waals surface area contributed by atoms with E-state index in [0.717, 1.165) is 24.9 Å². The van der Waals surface area contributed by atoms with E-state index in [1.165, 1.54) is 30.3 Å². The summed E-state index contributed by atoms with van der Waals surface area (Å²) in [6.07, 6.45) is 1.67. The highest BCUT2D eigenvalue weighted by Crippen LogP contribution is 2.42. The first-order valence-electron chi connectivity index (χ1n) is 13.8. The molecule has 16 heteroatoms. The summed E-state index contributed by atoms with van der Waals surface area (Å²) < 4.78 is 35.1. The van der Waals surface area contributed by atoms with Crippen LogP contribution in [0.1, 0.15) is 18.9 Å². The van der Waals surface area contributed by atoms with E-state index in [9.17, 15) is 14.9 Å². The number of non-ortho nitro benzene ring substituents is 1. The van der Waals surface area contributed by atoms with Crippen molar-refractivity contribution in [2.24, 2.45) is 0 Å². The van der Waals surface area contributed by atoms with Crippen LogP contribution in [0.3, 0.4) is 0 Å². The summed E-state index contributed by atoms with van der Waals surface area (Å²) in [7, 11) is 2.03. The Labute approximate surface area is 252 Å². The van der Waals surface area contributed by atoms with Crippen LogP contribution in [-0.2, 0) is 5.75 Å². The number of benzene rings is 2. The smallest absolute Gasteiger partial charge is 0.277 e. The summed E-state index contributed by atoms with van der Waals surface area (Å²) in [5.74, 6) is 0.542. The number of hydrogen-bond acceptors (Lipinski definition) is 13. The minimum atomic E-state index is -0.512. The van der Waals surface area contributed by atoms with Gasteiger partial charge >= 0.3 is 0 Å². The standard InChI is InChI=1S/C28H25FN8O6S/c1-15-13-41-25-22-18(11-20(29)23(25)35-9-7-34(2)8-10-35)24(38)19(12-36(15)22)27-32-33-28(43-27)44-14-21-30-31-26(42-21)16-3-5-17(6-4-16)37(39)40/h3-6,11-12,15H,7-10,13-14H2,1-2H3/t15-/m0/s1. The van der Waals surface area contributed by atoms with Crippen LogP contribution in [0.5, 0.6) is 5.75 Å². The summed E-state index contributed by atoms with van der Waals surface area (Å²) in [5.41, 5.74) is 1.13. The van der Waals surface area contributed by atoms with Gasteiger partial charge in [0, 0.05) is 50.1 Å². The van der Waals surface area contributed by atoms with Crippen LogP contribution in [0.25, 0.3) is 33.8 Å². The van der Waals surface area contributed by atoms with Crippen LogP contribution in [-0.4, -0.2) is 74.6 Å². The van der Waals surface area contributed by atoms with E-state index < -0.39 is 16.2 Å². The first-order chi connectivity index (χ1) is 21.3. The summed E-state index contributed by atoms with van der Waals surface area (Å²) in [5, 5.41) is 27.4. The average Bonchev–Trinajstić information content (AvgIpc) is 3.70. The molecule has 5 aromatic rings. The second-order valence-electron chi connectivity index (χ2n) is 10.6. The predicted molar refractivity (Wildman–Crippen MR) is 157 cm³/mol. The van der Waals surface area contributed by atoms with Gasteiger partial charge < -0.3 is 27.9 Å². The van der Waals surface area contributed by atoms with Gasteiger partial charge in [0.15, 0.2) is 11.6 Å². The molecule has 0 aliphatic carbocycles. The molecule has 0 saturated carbocycles. The number of halogens is 1. The molecular formula is C28H25FN8O6S. The molecule has 44 heavy (non-hydrogen) atoms. The van der Waals surface area contributed by atoms with Crippen molar-refractivity contribution in [3.63, 3.8) is 0 Å². The maximum atomic E-state index is 15.7. The van der Waals surface area contributed by atoms with E-state index in [0.29, 0.717) is 42.2 Å². The molecule has 14 nitrogen and oxygen atoms in total. The maximum absolute atomic E-state index is 15.7. The highest BCUT2D eigenvalue weighted by atomic mass is 32.2. The van der Waals surface area contributed by atoms with Crippen LogP contribution in [0, 0.1) is 15.9 Å². The number of anilines is 1. The molecule has 1 fully saturated rings. The Hall–Kier alpha value is -4.83. The van der Waals surface area contributed by atoms with Gasteiger partial charge in [-0.25, -0.2) is 4.39 Å². The van der Waals surface area contributed by atoms with E-state index in [-0.39, 0.29) is 51.3 Å². The predicted octanol–water partition coefficient (Wildman–Crippen LogP) is 4.15. The molecule has 1 saturated heterocycles. The number of nitro groups is 1. The fraction of sp³-hybridized carbons (Fsp3) is 0.321. The Kier molecular flexibility index (Phi) is 7.01. The highest BCUT2D eigenvalue weighted by molar-refractivity contribution is 7.98. The van der Waals surface area contributed by atoms with E-state index in [1.807, 2.05) is 23.4 Å². The van der Waals surface area contributed by atoms with Gasteiger partial charge in [-0.1, -0.05) is 11.8 Å². The molecule has 2 aromatic carbocycles. The van der Waals surface area contributed by atoms with Gasteiger partial charge in [0.2, 0.25) is 17.2 Å². The minimum absolute atomic E-state index is 0.00374. The third-order valence-corrected chi connectivity index (χ3v) is 8.51. The van der Waals surface area contributed by atoms with Crippen LogP contribution < -0.4 is 15.1 Å². The molecule has 2 aliphatic rings. The molecule has 0 radical (unpaired) electrons. The molecule has 0 unspecified atom stereocenters. The van der Waals surface area contributed by atoms with Crippen molar-refractivity contribution in [1.29, 1.82) is 0 Å². The molecule has 2 aliphatic heterocycles.